The molecule has 0 spiro atoms. The van der Waals surface area contributed by atoms with E-state index < -0.39 is 38.5 Å². The molecule has 1 fully saturated rings. The molecule has 1 aromatic rings. The first kappa shape index (κ1) is 16.2. The minimum atomic E-state index is -4.05. The number of benzene rings is 1. The van der Waals surface area contributed by atoms with Gasteiger partial charge in [0, 0.05) is 10.6 Å². The largest absolute Gasteiger partial charge is 0.480 e. The number of hydrogen-bond acceptors (Lipinski definition) is 3. The summed E-state index contributed by atoms with van der Waals surface area (Å²) in [7, 11) is -4.05. The first-order valence-corrected chi connectivity index (χ1v) is 8.22. The molecule has 0 bridgehead atoms. The lowest BCUT2D eigenvalue weighted by molar-refractivity contribution is -0.141. The summed E-state index contributed by atoms with van der Waals surface area (Å²) in [6, 6.07) is 3.85. The predicted octanol–water partition coefficient (Wildman–Crippen LogP) is 2.15. The van der Waals surface area contributed by atoms with E-state index in [0.29, 0.717) is 0 Å². The molecule has 2 rings (SSSR count). The second-order valence-corrected chi connectivity index (χ2v) is 7.96. The Morgan fingerprint density at radius 2 is 2.05 bits per heavy atom. The molecule has 1 aromatic carbocycles. The highest BCUT2D eigenvalue weighted by Crippen LogP contribution is 2.56. The third-order valence-corrected chi connectivity index (χ3v) is 5.51. The van der Waals surface area contributed by atoms with Gasteiger partial charge in [-0.2, -0.15) is 4.72 Å². The lowest BCUT2D eigenvalue weighted by Crippen LogP contribution is -2.47. The van der Waals surface area contributed by atoms with Gasteiger partial charge < -0.3 is 5.11 Å². The van der Waals surface area contributed by atoms with Crippen molar-refractivity contribution in [1.82, 2.24) is 4.72 Å². The second kappa shape index (κ2) is 4.93. The molecule has 0 heterocycles. The molecule has 1 unspecified atom stereocenters. The van der Waals surface area contributed by atoms with Crippen LogP contribution in [0.4, 0.5) is 4.39 Å². The molecular formula is C13H15ClFNO4S. The molecule has 0 amide bonds. The maximum atomic E-state index is 13.6. The molecule has 8 heteroatoms. The quantitative estimate of drug-likeness (QED) is 0.863. The first-order chi connectivity index (χ1) is 9.51. The van der Waals surface area contributed by atoms with Gasteiger partial charge in [0.25, 0.3) is 0 Å². The Morgan fingerprint density at radius 3 is 2.48 bits per heavy atom. The van der Waals surface area contributed by atoms with Gasteiger partial charge in [0.1, 0.15) is 11.4 Å². The number of aliphatic carboxylic acids is 1. The van der Waals surface area contributed by atoms with E-state index in [4.69, 9.17) is 11.6 Å². The minimum Gasteiger partial charge on any atom is -0.480 e. The number of nitrogens with one attached hydrogen (secondary N) is 1. The van der Waals surface area contributed by atoms with Crippen LogP contribution in [0.2, 0.25) is 5.02 Å². The van der Waals surface area contributed by atoms with Crippen LogP contribution in [0.15, 0.2) is 18.2 Å². The van der Waals surface area contributed by atoms with Crippen LogP contribution in [0.3, 0.4) is 0 Å². The van der Waals surface area contributed by atoms with Crippen LogP contribution in [0.25, 0.3) is 0 Å². The molecule has 1 aliphatic rings. The maximum Gasteiger partial charge on any atom is 0.325 e. The van der Waals surface area contributed by atoms with Crippen molar-refractivity contribution in [3.63, 3.8) is 0 Å². The van der Waals surface area contributed by atoms with Crippen molar-refractivity contribution in [2.45, 2.75) is 31.6 Å². The fourth-order valence-corrected chi connectivity index (χ4v) is 4.38. The van der Waals surface area contributed by atoms with Crippen molar-refractivity contribution in [2.75, 3.05) is 0 Å². The molecule has 1 aliphatic carbocycles. The van der Waals surface area contributed by atoms with Gasteiger partial charge in [-0.15, -0.1) is 0 Å². The maximum absolute atomic E-state index is 13.6. The summed E-state index contributed by atoms with van der Waals surface area (Å²) >= 11 is 5.79. The van der Waals surface area contributed by atoms with Crippen LogP contribution in [0.5, 0.6) is 0 Å². The normalized spacial score (nSPS) is 23.8. The average Bonchev–Trinajstić information content (AvgIpc) is 2.86. The predicted molar refractivity (Wildman–Crippen MR) is 75.9 cm³/mol. The summed E-state index contributed by atoms with van der Waals surface area (Å²) in [5.74, 6) is -2.69. The van der Waals surface area contributed by atoms with Gasteiger partial charge in [0.15, 0.2) is 0 Å². The van der Waals surface area contributed by atoms with E-state index in [1.54, 1.807) is 13.8 Å². The molecule has 0 aliphatic heterocycles. The number of rotatable bonds is 5. The Hall–Kier alpha value is -1.18. The molecule has 1 atom stereocenters. The van der Waals surface area contributed by atoms with Crippen molar-refractivity contribution in [3.05, 3.63) is 34.6 Å². The fraction of sp³-hybridized carbons (Fsp3) is 0.462. The second-order valence-electron chi connectivity index (χ2n) is 5.83. The van der Waals surface area contributed by atoms with Crippen molar-refractivity contribution < 1.29 is 22.7 Å². The van der Waals surface area contributed by atoms with Crippen molar-refractivity contribution in [1.29, 1.82) is 0 Å². The summed E-state index contributed by atoms with van der Waals surface area (Å²) in [6.07, 6.45) is 0.180. The number of carbonyl (C=O) groups is 1. The highest BCUT2D eigenvalue weighted by Gasteiger charge is 2.68. The summed E-state index contributed by atoms with van der Waals surface area (Å²) < 4.78 is 40.1. The van der Waals surface area contributed by atoms with Gasteiger partial charge in [0.05, 0.1) is 5.75 Å². The molecule has 21 heavy (non-hydrogen) atoms. The van der Waals surface area contributed by atoms with Gasteiger partial charge in [-0.1, -0.05) is 31.5 Å². The van der Waals surface area contributed by atoms with E-state index in [9.17, 15) is 22.7 Å². The van der Waals surface area contributed by atoms with Crippen molar-refractivity contribution in [2.24, 2.45) is 5.41 Å². The van der Waals surface area contributed by atoms with Gasteiger partial charge in [0.2, 0.25) is 10.0 Å². The zero-order valence-electron chi connectivity index (χ0n) is 11.5. The molecular weight excluding hydrogens is 321 g/mol. The van der Waals surface area contributed by atoms with E-state index in [1.165, 1.54) is 12.1 Å². The van der Waals surface area contributed by atoms with Crippen LogP contribution < -0.4 is 4.72 Å². The molecule has 116 valence electrons. The molecule has 2 N–H and O–H groups in total. The zero-order valence-corrected chi connectivity index (χ0v) is 13.1. The van der Waals surface area contributed by atoms with Crippen molar-refractivity contribution in [3.8, 4) is 0 Å². The fourth-order valence-electron chi connectivity index (χ4n) is 2.36. The summed E-state index contributed by atoms with van der Waals surface area (Å²) in [5, 5.41) is 9.24. The van der Waals surface area contributed by atoms with Crippen LogP contribution in [0.1, 0.15) is 25.8 Å². The Kier molecular flexibility index (Phi) is 3.80. The summed E-state index contributed by atoms with van der Waals surface area (Å²) in [4.78, 5) is 11.3. The van der Waals surface area contributed by atoms with Gasteiger partial charge in [-0.25, -0.2) is 12.8 Å². The summed E-state index contributed by atoms with van der Waals surface area (Å²) in [5.41, 5.74) is -2.40. The third kappa shape index (κ3) is 2.90. The molecule has 0 radical (unpaired) electrons. The third-order valence-electron chi connectivity index (χ3n) is 3.83. The Morgan fingerprint density at radius 1 is 1.48 bits per heavy atom. The van der Waals surface area contributed by atoms with E-state index in [0.717, 1.165) is 6.07 Å². The zero-order chi connectivity index (χ0) is 16.1. The number of carboxylic acid groups (broad SMARTS) is 1. The van der Waals surface area contributed by atoms with E-state index >= 15 is 0 Å². The Labute approximate surface area is 127 Å². The number of sulfonamides is 1. The van der Waals surface area contributed by atoms with Gasteiger partial charge >= 0.3 is 5.97 Å². The molecule has 1 saturated carbocycles. The molecule has 0 aromatic heterocycles. The van der Waals surface area contributed by atoms with Crippen LogP contribution in [-0.4, -0.2) is 25.0 Å². The first-order valence-electron chi connectivity index (χ1n) is 6.19. The van der Waals surface area contributed by atoms with Crippen molar-refractivity contribution >= 4 is 27.6 Å². The Bertz CT molecular complexity index is 684. The molecule has 5 nitrogen and oxygen atoms in total. The minimum absolute atomic E-state index is 0.0141. The Balaban J connectivity index is 2.27. The SMILES string of the molecule is CC1(C)CC1(NS(=O)(=O)Cc1c(F)cccc1Cl)C(=O)O. The number of carboxylic acids is 1. The average molecular weight is 336 g/mol. The summed E-state index contributed by atoms with van der Waals surface area (Å²) in [6.45, 7) is 3.30. The topological polar surface area (TPSA) is 83.5 Å². The van der Waals surface area contributed by atoms with E-state index in [2.05, 4.69) is 4.72 Å². The molecule has 0 saturated heterocycles. The highest BCUT2D eigenvalue weighted by atomic mass is 35.5. The lowest BCUT2D eigenvalue weighted by Gasteiger charge is -2.18. The number of halogens is 2. The van der Waals surface area contributed by atoms with Crippen LogP contribution in [0, 0.1) is 11.2 Å². The van der Waals surface area contributed by atoms with Crippen LogP contribution >= 0.6 is 11.6 Å². The number of hydrogen-bond donors (Lipinski definition) is 2. The van der Waals surface area contributed by atoms with Gasteiger partial charge in [-0.3, -0.25) is 4.79 Å². The lowest BCUT2D eigenvalue weighted by atomic mass is 10.1. The smallest absolute Gasteiger partial charge is 0.325 e. The standard InChI is InChI=1S/C13H15ClFNO4S/c1-12(2)7-13(12,11(17)18)16-21(19,20)6-8-9(14)4-3-5-10(8)15/h3-5,16H,6-7H2,1-2H3,(H,17,18). The van der Waals surface area contributed by atoms with E-state index in [1.807, 2.05) is 0 Å². The highest BCUT2D eigenvalue weighted by molar-refractivity contribution is 7.88. The van der Waals surface area contributed by atoms with Crippen LogP contribution in [-0.2, 0) is 20.6 Å². The van der Waals surface area contributed by atoms with Gasteiger partial charge in [-0.05, 0) is 24.0 Å². The monoisotopic (exact) mass is 335 g/mol. The van der Waals surface area contributed by atoms with E-state index in [-0.39, 0.29) is 17.0 Å².